The Morgan fingerprint density at radius 1 is 0.918 bits per heavy atom. The van der Waals surface area contributed by atoms with Crippen molar-refractivity contribution in [2.24, 2.45) is 12.5 Å². The third-order valence-corrected chi connectivity index (χ3v) is 11.1. The van der Waals surface area contributed by atoms with E-state index in [9.17, 15) is 19.2 Å². The van der Waals surface area contributed by atoms with Crippen molar-refractivity contribution in [3.63, 3.8) is 0 Å². The number of anilines is 1. The van der Waals surface area contributed by atoms with Crippen LogP contribution in [0.15, 0.2) is 53.7 Å². The molecule has 12 heteroatoms. The van der Waals surface area contributed by atoms with Gasteiger partial charge in [-0.05, 0) is 67.7 Å². The lowest BCUT2D eigenvalue weighted by atomic mass is 9.71. The van der Waals surface area contributed by atoms with E-state index in [-0.39, 0.29) is 35.1 Å². The monoisotopic (exact) mass is 664 g/mol. The van der Waals surface area contributed by atoms with Crippen LogP contribution in [0.5, 0.6) is 11.5 Å². The maximum atomic E-state index is 13.3. The van der Waals surface area contributed by atoms with E-state index in [1.807, 2.05) is 36.7 Å². The van der Waals surface area contributed by atoms with Gasteiger partial charge in [0.05, 0.1) is 25.2 Å². The zero-order valence-electron chi connectivity index (χ0n) is 28.0. The number of benzene rings is 2. The Hall–Kier alpha value is -5.10. The predicted octanol–water partition coefficient (Wildman–Crippen LogP) is 3.41. The molecule has 2 aromatic carbocycles. The molecule has 1 atom stereocenters. The summed E-state index contributed by atoms with van der Waals surface area (Å²) in [6, 6.07) is 9.53. The molecule has 8 rings (SSSR count). The number of hydrogen-bond acceptors (Lipinski definition) is 8. The van der Waals surface area contributed by atoms with E-state index in [0.717, 1.165) is 83.8 Å². The Morgan fingerprint density at radius 2 is 1.63 bits per heavy atom. The second-order valence-corrected chi connectivity index (χ2v) is 14.0. The largest absolute Gasteiger partial charge is 0.496 e. The average molecular weight is 665 g/mol. The minimum atomic E-state index is -0.604. The van der Waals surface area contributed by atoms with Crippen LogP contribution in [0.1, 0.15) is 47.2 Å². The van der Waals surface area contributed by atoms with Crippen molar-refractivity contribution in [2.75, 3.05) is 45.3 Å². The summed E-state index contributed by atoms with van der Waals surface area (Å²) in [6.45, 7) is 4.89. The van der Waals surface area contributed by atoms with Crippen LogP contribution in [0.2, 0.25) is 0 Å². The van der Waals surface area contributed by atoms with E-state index in [2.05, 4.69) is 26.2 Å². The highest BCUT2D eigenvalue weighted by Gasteiger charge is 2.46. The Labute approximate surface area is 283 Å². The first-order chi connectivity index (χ1) is 23.7. The van der Waals surface area contributed by atoms with Gasteiger partial charge in [0.25, 0.3) is 11.5 Å². The first kappa shape index (κ1) is 31.2. The van der Waals surface area contributed by atoms with E-state index in [1.165, 1.54) is 0 Å². The van der Waals surface area contributed by atoms with Crippen molar-refractivity contribution >= 4 is 34.2 Å². The van der Waals surface area contributed by atoms with E-state index >= 15 is 0 Å². The number of aromatic nitrogens is 2. The number of carbonyl (C=O) groups excluding carboxylic acids is 3. The summed E-state index contributed by atoms with van der Waals surface area (Å²) < 4.78 is 13.4. The molecule has 0 radical (unpaired) electrons. The van der Waals surface area contributed by atoms with Crippen molar-refractivity contribution in [3.05, 3.63) is 76.0 Å². The van der Waals surface area contributed by atoms with Gasteiger partial charge in [-0.3, -0.25) is 29.4 Å². The maximum absolute atomic E-state index is 13.3. The van der Waals surface area contributed by atoms with Gasteiger partial charge in [-0.25, -0.2) is 0 Å². The number of carbonyl (C=O) groups is 3. The molecule has 0 bridgehead atoms. The summed E-state index contributed by atoms with van der Waals surface area (Å²) in [6.07, 6.45) is 8.20. The molecule has 12 nitrogen and oxygen atoms in total. The van der Waals surface area contributed by atoms with Gasteiger partial charge >= 0.3 is 0 Å². The second-order valence-electron chi connectivity index (χ2n) is 14.0. The summed E-state index contributed by atoms with van der Waals surface area (Å²) in [5.41, 5.74) is 5.65. The lowest BCUT2D eigenvalue weighted by molar-refractivity contribution is -0.136. The number of pyridine rings is 1. The number of rotatable bonds is 7. The Bertz CT molecular complexity index is 2040. The first-order valence-electron chi connectivity index (χ1n) is 16.8. The molecular formula is C37H40N6O6. The third-order valence-electron chi connectivity index (χ3n) is 11.1. The molecule has 254 valence electrons. The minimum absolute atomic E-state index is 0.0475. The molecule has 0 aliphatic carbocycles. The first-order valence-corrected chi connectivity index (χ1v) is 16.8. The number of methoxy groups -OCH3 is 2. The molecule has 2 aromatic heterocycles. The highest BCUT2D eigenvalue weighted by Crippen LogP contribution is 2.45. The van der Waals surface area contributed by atoms with Crippen molar-refractivity contribution in [1.82, 2.24) is 24.7 Å². The predicted molar refractivity (Wildman–Crippen MR) is 184 cm³/mol. The zero-order valence-corrected chi connectivity index (χ0v) is 28.0. The van der Waals surface area contributed by atoms with Gasteiger partial charge in [-0.1, -0.05) is 6.07 Å². The van der Waals surface area contributed by atoms with Gasteiger partial charge in [0.1, 0.15) is 17.5 Å². The fraction of sp³-hybridized carbons (Fsp3) is 0.405. The number of ether oxygens (including phenoxy) is 2. The molecule has 6 heterocycles. The van der Waals surface area contributed by atoms with Gasteiger partial charge in [0, 0.05) is 85.9 Å². The van der Waals surface area contributed by atoms with Crippen LogP contribution in [-0.2, 0) is 29.7 Å². The summed E-state index contributed by atoms with van der Waals surface area (Å²) in [5, 5.41) is 3.87. The number of likely N-dealkylation sites (tertiary alicyclic amines) is 1. The molecule has 49 heavy (non-hydrogen) atoms. The van der Waals surface area contributed by atoms with Gasteiger partial charge < -0.3 is 28.8 Å². The molecule has 3 fully saturated rings. The molecule has 4 aliphatic rings. The fourth-order valence-corrected chi connectivity index (χ4v) is 8.21. The molecule has 1 spiro atoms. The van der Waals surface area contributed by atoms with Gasteiger partial charge in [-0.2, -0.15) is 0 Å². The molecule has 0 saturated carbocycles. The van der Waals surface area contributed by atoms with E-state index in [1.54, 1.807) is 36.9 Å². The standard InChI is InChI=1S/C37H40N6O6/c1-40-18-28(26-15-38-16-27(26)35(40)46)23-12-31(48-2)29(32(13-23)49-3)19-41-10-8-37(9-11-41)20-42(21-37)24-5-4-22-17-43(36(47)25(22)14-24)30-6-7-33(44)39-34(30)45/h4-5,12-16,18,30,38H,6-11,17,19-21H2,1-3H3,(H,39,44,45). The topological polar surface area (TPSA) is 129 Å². The molecule has 3 saturated heterocycles. The van der Waals surface area contributed by atoms with Crippen LogP contribution >= 0.6 is 0 Å². The molecule has 1 unspecified atom stereocenters. The van der Waals surface area contributed by atoms with E-state index < -0.39 is 6.04 Å². The Morgan fingerprint density at radius 3 is 2.33 bits per heavy atom. The van der Waals surface area contributed by atoms with Crippen LogP contribution in [0, 0.1) is 5.41 Å². The maximum Gasteiger partial charge on any atom is 0.259 e. The van der Waals surface area contributed by atoms with Crippen LogP contribution in [0.3, 0.4) is 0 Å². The molecular weight excluding hydrogens is 624 g/mol. The summed E-state index contributed by atoms with van der Waals surface area (Å²) >= 11 is 0. The minimum Gasteiger partial charge on any atom is -0.496 e. The second kappa shape index (κ2) is 11.8. The summed E-state index contributed by atoms with van der Waals surface area (Å²) in [4.78, 5) is 59.5. The van der Waals surface area contributed by atoms with Crippen molar-refractivity contribution in [3.8, 4) is 22.6 Å². The van der Waals surface area contributed by atoms with Crippen LogP contribution in [-0.4, -0.2) is 83.5 Å². The quantitative estimate of drug-likeness (QED) is 0.288. The molecule has 2 N–H and O–H groups in total. The number of imide groups is 1. The zero-order chi connectivity index (χ0) is 34.0. The Kier molecular flexibility index (Phi) is 7.51. The number of piperidine rings is 2. The van der Waals surface area contributed by atoms with Crippen LogP contribution < -0.4 is 25.2 Å². The highest BCUT2D eigenvalue weighted by molar-refractivity contribution is 6.05. The number of nitrogens with one attached hydrogen (secondary N) is 2. The van der Waals surface area contributed by atoms with E-state index in [4.69, 9.17) is 9.47 Å². The lowest BCUT2D eigenvalue weighted by Crippen LogP contribution is -2.60. The van der Waals surface area contributed by atoms with Crippen molar-refractivity contribution in [2.45, 2.75) is 44.8 Å². The molecule has 4 aliphatic heterocycles. The third kappa shape index (κ3) is 5.25. The van der Waals surface area contributed by atoms with Gasteiger partial charge in [-0.15, -0.1) is 0 Å². The lowest BCUT2D eigenvalue weighted by Gasteiger charge is -2.55. The number of fused-ring (bicyclic) bond motifs is 2. The number of hydrogen-bond donors (Lipinski definition) is 2. The van der Waals surface area contributed by atoms with Gasteiger partial charge in [0.15, 0.2) is 0 Å². The highest BCUT2D eigenvalue weighted by atomic mass is 16.5. The van der Waals surface area contributed by atoms with E-state index in [0.29, 0.717) is 30.5 Å². The van der Waals surface area contributed by atoms with Crippen molar-refractivity contribution in [1.29, 1.82) is 0 Å². The molecule has 4 aromatic rings. The smallest absolute Gasteiger partial charge is 0.259 e. The van der Waals surface area contributed by atoms with Crippen LogP contribution in [0.4, 0.5) is 5.69 Å². The normalized spacial score (nSPS) is 20.5. The number of aromatic amines is 1. The average Bonchev–Trinajstić information content (AvgIpc) is 3.71. The summed E-state index contributed by atoms with van der Waals surface area (Å²) in [5.74, 6) is 0.702. The SMILES string of the molecule is COc1cc(-c2cn(C)c(=O)c3c[nH]cc23)cc(OC)c1CN1CCC2(CC1)CN(c1ccc3c(c1)C(=O)N(C1CCC(=O)NC1=O)C3)C2. The van der Waals surface area contributed by atoms with Gasteiger partial charge in [0.2, 0.25) is 11.8 Å². The fourth-order valence-electron chi connectivity index (χ4n) is 8.21. The summed E-state index contributed by atoms with van der Waals surface area (Å²) in [7, 11) is 5.13. The van der Waals surface area contributed by atoms with Crippen molar-refractivity contribution < 1.29 is 23.9 Å². The number of aryl methyl sites for hydroxylation is 1. The number of H-pyrrole nitrogens is 1. The van der Waals surface area contributed by atoms with Crippen LogP contribution in [0.25, 0.3) is 21.9 Å². The Balaban J connectivity index is 0.925. The molecule has 3 amide bonds. The number of nitrogens with zero attached hydrogens (tertiary/aromatic N) is 4. The number of amides is 3.